The van der Waals surface area contributed by atoms with Crippen LogP contribution in [-0.2, 0) is 4.79 Å². The molecule has 0 fully saturated rings. The van der Waals surface area contributed by atoms with Crippen molar-refractivity contribution >= 4 is 5.97 Å². The van der Waals surface area contributed by atoms with E-state index >= 15 is 0 Å². The molecule has 0 spiro atoms. The molecule has 0 aliphatic carbocycles. The predicted octanol–water partition coefficient (Wildman–Crippen LogP) is 0.743. The minimum absolute atomic E-state index is 0.334. The monoisotopic (exact) mass is 142 g/mol. The van der Waals surface area contributed by atoms with E-state index in [-0.39, 0.29) is 6.61 Å². The third-order valence-electron chi connectivity index (χ3n) is 0.857. The van der Waals surface area contributed by atoms with Crippen LogP contribution in [-0.4, -0.2) is 17.7 Å². The molecule has 4 heteroatoms. The summed E-state index contributed by atoms with van der Waals surface area (Å²) in [6, 6.07) is 1.54. The van der Waals surface area contributed by atoms with Gasteiger partial charge in [0, 0.05) is 6.07 Å². The van der Waals surface area contributed by atoms with Crippen LogP contribution < -0.4 is 4.74 Å². The topological polar surface area (TPSA) is 59.7 Å². The maximum atomic E-state index is 9.94. The van der Waals surface area contributed by atoms with Gasteiger partial charge in [0.25, 0.3) is 0 Å². The zero-order valence-electron chi connectivity index (χ0n) is 5.11. The van der Waals surface area contributed by atoms with Crippen LogP contribution in [0.1, 0.15) is 0 Å². The molecule has 0 saturated carbocycles. The second-order valence-corrected chi connectivity index (χ2v) is 1.64. The van der Waals surface area contributed by atoms with E-state index in [0.717, 1.165) is 0 Å². The molecular weight excluding hydrogens is 136 g/mol. The Morgan fingerprint density at radius 3 is 3.10 bits per heavy atom. The summed E-state index contributed by atoms with van der Waals surface area (Å²) in [5.41, 5.74) is 0. The van der Waals surface area contributed by atoms with E-state index < -0.39 is 5.97 Å². The molecule has 0 aromatic carbocycles. The van der Waals surface area contributed by atoms with Gasteiger partial charge in [-0.3, -0.25) is 0 Å². The Labute approximate surface area is 57.0 Å². The first kappa shape index (κ1) is 6.67. The lowest BCUT2D eigenvalue weighted by Crippen LogP contribution is -2.08. The van der Waals surface area contributed by atoms with Gasteiger partial charge in [-0.15, -0.1) is 0 Å². The van der Waals surface area contributed by atoms with Gasteiger partial charge in [0.05, 0.1) is 6.26 Å². The molecule has 0 aliphatic rings. The fourth-order valence-electron chi connectivity index (χ4n) is 0.479. The molecule has 0 aliphatic heterocycles. The predicted molar refractivity (Wildman–Crippen MR) is 31.8 cm³/mol. The van der Waals surface area contributed by atoms with Crippen LogP contribution in [0.4, 0.5) is 0 Å². The second-order valence-electron chi connectivity index (χ2n) is 1.64. The Kier molecular flexibility index (Phi) is 1.94. The lowest BCUT2D eigenvalue weighted by atomic mass is 10.6. The molecule has 0 saturated heterocycles. The normalized spacial score (nSPS) is 9.20. The molecule has 4 nitrogen and oxygen atoms in total. The summed E-state index contributed by atoms with van der Waals surface area (Å²) in [5, 5.41) is 8.16. The number of carbonyl (C=O) groups is 1. The molecule has 0 bridgehead atoms. The van der Waals surface area contributed by atoms with Crippen molar-refractivity contribution in [3.63, 3.8) is 0 Å². The molecule has 1 aromatic heterocycles. The van der Waals surface area contributed by atoms with E-state index in [0.29, 0.717) is 5.75 Å². The zero-order valence-corrected chi connectivity index (χ0v) is 5.11. The Bertz CT molecular complexity index is 202. The van der Waals surface area contributed by atoms with Crippen LogP contribution in [0, 0.1) is 0 Å². The number of ether oxygens (including phenoxy) is 1. The van der Waals surface area contributed by atoms with Crippen molar-refractivity contribution in [2.75, 3.05) is 6.61 Å². The van der Waals surface area contributed by atoms with Crippen LogP contribution in [0.5, 0.6) is 5.75 Å². The second kappa shape index (κ2) is 2.91. The number of furan rings is 1. The van der Waals surface area contributed by atoms with E-state index in [4.69, 9.17) is 9.84 Å². The minimum atomic E-state index is -0.999. The third kappa shape index (κ3) is 1.81. The van der Waals surface area contributed by atoms with Gasteiger partial charge in [-0.1, -0.05) is 0 Å². The molecule has 0 unspecified atom stereocenters. The number of carboxylic acids is 1. The van der Waals surface area contributed by atoms with Crippen molar-refractivity contribution in [2.24, 2.45) is 0 Å². The molecule has 10 heavy (non-hydrogen) atoms. The zero-order chi connectivity index (χ0) is 7.40. The molecule has 1 heterocycles. The quantitative estimate of drug-likeness (QED) is 0.676. The average Bonchev–Trinajstić information content (AvgIpc) is 2.34. The molecule has 0 amide bonds. The van der Waals surface area contributed by atoms with Gasteiger partial charge in [0.15, 0.2) is 12.4 Å². The highest BCUT2D eigenvalue weighted by Gasteiger charge is 1.98. The van der Waals surface area contributed by atoms with Gasteiger partial charge in [0.2, 0.25) is 0 Å². The van der Waals surface area contributed by atoms with Crippen molar-refractivity contribution < 1.29 is 19.1 Å². The van der Waals surface area contributed by atoms with E-state index in [9.17, 15) is 4.79 Å². The van der Waals surface area contributed by atoms with Gasteiger partial charge in [0.1, 0.15) is 6.26 Å². The first-order valence-electron chi connectivity index (χ1n) is 2.66. The van der Waals surface area contributed by atoms with Gasteiger partial charge < -0.3 is 14.3 Å². The van der Waals surface area contributed by atoms with Gasteiger partial charge in [-0.2, -0.15) is 0 Å². The Balaban J connectivity index is 2.35. The number of hydrogen-bond acceptors (Lipinski definition) is 3. The van der Waals surface area contributed by atoms with Gasteiger partial charge >= 0.3 is 5.97 Å². The fourth-order valence-corrected chi connectivity index (χ4v) is 0.479. The molecular formula is C6H6O4. The summed E-state index contributed by atoms with van der Waals surface area (Å²) in [6.45, 7) is -0.334. The summed E-state index contributed by atoms with van der Waals surface area (Å²) in [7, 11) is 0. The molecule has 54 valence electrons. The van der Waals surface area contributed by atoms with Gasteiger partial charge in [-0.05, 0) is 0 Å². The number of rotatable bonds is 3. The highest BCUT2D eigenvalue weighted by atomic mass is 16.5. The molecule has 0 atom stereocenters. The SMILES string of the molecule is O=C(O)COc1ccoc1. The van der Waals surface area contributed by atoms with E-state index in [1.54, 1.807) is 6.07 Å². The van der Waals surface area contributed by atoms with E-state index in [1.165, 1.54) is 12.5 Å². The fraction of sp³-hybridized carbons (Fsp3) is 0.167. The third-order valence-corrected chi connectivity index (χ3v) is 0.857. The van der Waals surface area contributed by atoms with Crippen molar-refractivity contribution in [1.82, 2.24) is 0 Å². The van der Waals surface area contributed by atoms with Crippen molar-refractivity contribution in [2.45, 2.75) is 0 Å². The van der Waals surface area contributed by atoms with Crippen LogP contribution in [0.2, 0.25) is 0 Å². The van der Waals surface area contributed by atoms with Crippen LogP contribution in [0.3, 0.4) is 0 Å². The summed E-state index contributed by atoms with van der Waals surface area (Å²) in [4.78, 5) is 9.94. The lowest BCUT2D eigenvalue weighted by Gasteiger charge is -1.95. The number of aliphatic carboxylic acids is 1. The standard InChI is InChI=1S/C6H6O4/c7-6(8)4-10-5-1-2-9-3-5/h1-3H,4H2,(H,7,8). The Morgan fingerprint density at radius 1 is 1.80 bits per heavy atom. The Morgan fingerprint density at radius 2 is 2.60 bits per heavy atom. The maximum absolute atomic E-state index is 9.94. The summed E-state index contributed by atoms with van der Waals surface area (Å²) < 4.78 is 9.34. The van der Waals surface area contributed by atoms with Crippen LogP contribution in [0.15, 0.2) is 23.0 Å². The first-order valence-corrected chi connectivity index (χ1v) is 2.66. The summed E-state index contributed by atoms with van der Waals surface area (Å²) >= 11 is 0. The van der Waals surface area contributed by atoms with Crippen LogP contribution >= 0.6 is 0 Å². The molecule has 0 radical (unpaired) electrons. The smallest absolute Gasteiger partial charge is 0.341 e. The lowest BCUT2D eigenvalue weighted by molar-refractivity contribution is -0.139. The highest BCUT2D eigenvalue weighted by molar-refractivity contribution is 5.68. The van der Waals surface area contributed by atoms with E-state index in [1.807, 2.05) is 0 Å². The first-order chi connectivity index (χ1) is 4.79. The minimum Gasteiger partial charge on any atom is -0.479 e. The largest absolute Gasteiger partial charge is 0.479 e. The highest BCUT2D eigenvalue weighted by Crippen LogP contribution is 2.08. The summed E-state index contributed by atoms with van der Waals surface area (Å²) in [5.74, 6) is -0.566. The van der Waals surface area contributed by atoms with E-state index in [2.05, 4.69) is 4.42 Å². The molecule has 1 aromatic rings. The summed E-state index contributed by atoms with van der Waals surface area (Å²) in [6.07, 6.45) is 2.75. The van der Waals surface area contributed by atoms with Crippen molar-refractivity contribution in [3.8, 4) is 5.75 Å². The van der Waals surface area contributed by atoms with Crippen molar-refractivity contribution in [3.05, 3.63) is 18.6 Å². The maximum Gasteiger partial charge on any atom is 0.341 e. The van der Waals surface area contributed by atoms with Crippen molar-refractivity contribution in [1.29, 1.82) is 0 Å². The Hall–Kier alpha value is -1.45. The number of hydrogen-bond donors (Lipinski definition) is 1. The average molecular weight is 142 g/mol. The number of carboxylic acid groups (broad SMARTS) is 1. The molecule has 1 rings (SSSR count). The van der Waals surface area contributed by atoms with Gasteiger partial charge in [-0.25, -0.2) is 4.79 Å². The van der Waals surface area contributed by atoms with Crippen LogP contribution in [0.25, 0.3) is 0 Å². The molecule has 1 N–H and O–H groups in total.